The van der Waals surface area contributed by atoms with Crippen LogP contribution in [0.2, 0.25) is 0 Å². The first kappa shape index (κ1) is 27.8. The standard InChI is InChI=1S/C28H34F2N8O2S/c1-27(2)13-16-14-32-26(31)34-22(16)24-21(27)23(35-36-24)18(39)12-20-33-19(15-41-20)28(29,30)25(40)38-10-6-17(7-11-38)37-8-4-3-5-9-37/h14-15,17H,3-13H2,1-2H3,(H,35,36)(H2,31,32,34). The number of ketones is 1. The maximum Gasteiger partial charge on any atom is 0.367 e. The molecule has 0 aromatic carbocycles. The number of carbonyl (C=O) groups excluding carboxylic acids is 2. The van der Waals surface area contributed by atoms with E-state index in [-0.39, 0.29) is 23.2 Å². The quantitative estimate of drug-likeness (QED) is 0.419. The topological polar surface area (TPSA) is 134 Å². The number of nitrogens with one attached hydrogen (secondary N) is 1. The Labute approximate surface area is 240 Å². The monoisotopic (exact) mass is 584 g/mol. The number of likely N-dealkylation sites (tertiary alicyclic amines) is 2. The van der Waals surface area contributed by atoms with Crippen LogP contribution < -0.4 is 5.73 Å². The van der Waals surface area contributed by atoms with Gasteiger partial charge in [-0.05, 0) is 56.2 Å². The Balaban J connectivity index is 1.14. The number of piperidine rings is 2. The lowest BCUT2D eigenvalue weighted by atomic mass is 9.73. The summed E-state index contributed by atoms with van der Waals surface area (Å²) < 4.78 is 30.7. The van der Waals surface area contributed by atoms with Crippen LogP contribution >= 0.6 is 11.3 Å². The lowest BCUT2D eigenvalue weighted by molar-refractivity contribution is -0.161. The van der Waals surface area contributed by atoms with Gasteiger partial charge in [0.05, 0.1) is 12.1 Å². The fourth-order valence-electron chi connectivity index (χ4n) is 6.48. The minimum atomic E-state index is -3.76. The Hall–Kier alpha value is -3.32. The number of aromatic nitrogens is 5. The highest BCUT2D eigenvalue weighted by Gasteiger charge is 2.47. The molecule has 218 valence electrons. The molecule has 1 aliphatic carbocycles. The van der Waals surface area contributed by atoms with Gasteiger partial charge < -0.3 is 15.5 Å². The molecular formula is C28H34F2N8O2S. The van der Waals surface area contributed by atoms with Gasteiger partial charge >= 0.3 is 5.92 Å². The van der Waals surface area contributed by atoms with Crippen LogP contribution in [-0.4, -0.2) is 78.9 Å². The molecule has 1 amide bonds. The van der Waals surface area contributed by atoms with Crippen molar-refractivity contribution in [1.29, 1.82) is 0 Å². The van der Waals surface area contributed by atoms with E-state index in [0.29, 0.717) is 61.0 Å². The zero-order valence-electron chi connectivity index (χ0n) is 23.3. The van der Waals surface area contributed by atoms with Crippen molar-refractivity contribution in [2.24, 2.45) is 0 Å². The third-order valence-corrected chi connectivity index (χ3v) is 9.42. The van der Waals surface area contributed by atoms with Crippen LogP contribution in [0.15, 0.2) is 11.6 Å². The Morgan fingerprint density at radius 2 is 1.85 bits per heavy atom. The Morgan fingerprint density at radius 3 is 2.59 bits per heavy atom. The second-order valence-corrected chi connectivity index (χ2v) is 12.8. The van der Waals surface area contributed by atoms with Gasteiger partial charge in [-0.2, -0.15) is 13.9 Å². The first-order valence-electron chi connectivity index (χ1n) is 14.1. The highest BCUT2D eigenvalue weighted by atomic mass is 32.1. The molecule has 0 atom stereocenters. The van der Waals surface area contributed by atoms with Gasteiger partial charge in [0.1, 0.15) is 22.1 Å². The van der Waals surface area contributed by atoms with Gasteiger partial charge in [-0.15, -0.1) is 11.3 Å². The molecule has 3 N–H and O–H groups in total. The van der Waals surface area contributed by atoms with Gasteiger partial charge in [0.25, 0.3) is 5.91 Å². The number of nitrogens with zero attached hydrogens (tertiary/aromatic N) is 6. The van der Waals surface area contributed by atoms with E-state index >= 15 is 8.78 Å². The maximum absolute atomic E-state index is 15.3. The fourth-order valence-corrected chi connectivity index (χ4v) is 7.30. The van der Waals surface area contributed by atoms with Crippen molar-refractivity contribution in [3.05, 3.63) is 39.1 Å². The lowest BCUT2D eigenvalue weighted by Gasteiger charge is -2.40. The van der Waals surface area contributed by atoms with E-state index in [4.69, 9.17) is 5.73 Å². The number of rotatable bonds is 6. The normalized spacial score (nSPS) is 19.6. The maximum atomic E-state index is 15.3. The molecule has 41 heavy (non-hydrogen) atoms. The summed E-state index contributed by atoms with van der Waals surface area (Å²) in [6, 6.07) is 0.348. The van der Waals surface area contributed by atoms with E-state index in [1.54, 1.807) is 6.20 Å². The van der Waals surface area contributed by atoms with Crippen LogP contribution in [0.5, 0.6) is 0 Å². The molecule has 5 heterocycles. The smallest absolute Gasteiger partial charge is 0.367 e. The number of anilines is 1. The molecule has 3 aromatic heterocycles. The number of carbonyl (C=O) groups is 2. The number of hydrogen-bond acceptors (Lipinski definition) is 9. The fraction of sp³-hybridized carbons (Fsp3) is 0.571. The van der Waals surface area contributed by atoms with Gasteiger partial charge in [-0.25, -0.2) is 15.0 Å². The number of nitrogen functional groups attached to an aromatic ring is 1. The number of nitrogens with two attached hydrogens (primary N) is 1. The lowest BCUT2D eigenvalue weighted by Crippen LogP contribution is -2.51. The first-order chi connectivity index (χ1) is 19.5. The van der Waals surface area contributed by atoms with Crippen molar-refractivity contribution in [2.45, 2.75) is 76.2 Å². The summed E-state index contributed by atoms with van der Waals surface area (Å²) in [7, 11) is 0. The summed E-state index contributed by atoms with van der Waals surface area (Å²) in [5, 5.41) is 8.61. The molecule has 0 unspecified atom stereocenters. The molecular weight excluding hydrogens is 550 g/mol. The molecule has 0 bridgehead atoms. The number of amides is 1. The number of H-pyrrole nitrogens is 1. The van der Waals surface area contributed by atoms with Gasteiger partial charge in [0.15, 0.2) is 5.78 Å². The van der Waals surface area contributed by atoms with Crippen LogP contribution in [0.4, 0.5) is 14.7 Å². The molecule has 2 saturated heterocycles. The Morgan fingerprint density at radius 1 is 1.12 bits per heavy atom. The summed E-state index contributed by atoms with van der Waals surface area (Å²) >= 11 is 0.952. The second kappa shape index (κ2) is 10.5. The minimum Gasteiger partial charge on any atom is -0.368 e. The average Bonchev–Trinajstić information content (AvgIpc) is 3.63. The van der Waals surface area contributed by atoms with Crippen LogP contribution in [0.25, 0.3) is 11.4 Å². The molecule has 2 aliphatic heterocycles. The van der Waals surface area contributed by atoms with E-state index in [1.807, 2.05) is 13.8 Å². The van der Waals surface area contributed by atoms with E-state index in [2.05, 4.69) is 30.0 Å². The summed E-state index contributed by atoms with van der Waals surface area (Å²) in [5.41, 5.74) is 7.74. The van der Waals surface area contributed by atoms with E-state index in [1.165, 1.54) is 29.5 Å². The van der Waals surface area contributed by atoms with Crippen molar-refractivity contribution >= 4 is 29.0 Å². The summed E-state index contributed by atoms with van der Waals surface area (Å²) in [6.45, 7) is 6.71. The number of hydrogen-bond donors (Lipinski definition) is 2. The average molecular weight is 585 g/mol. The predicted molar refractivity (Wildman–Crippen MR) is 150 cm³/mol. The van der Waals surface area contributed by atoms with Crippen LogP contribution in [0.3, 0.4) is 0 Å². The molecule has 2 fully saturated rings. The Bertz CT molecular complexity index is 1470. The molecule has 6 rings (SSSR count). The van der Waals surface area contributed by atoms with Gasteiger partial charge in [0, 0.05) is 36.3 Å². The van der Waals surface area contributed by atoms with Crippen molar-refractivity contribution < 1.29 is 18.4 Å². The minimum absolute atomic E-state index is 0.113. The van der Waals surface area contributed by atoms with Gasteiger partial charge in [0.2, 0.25) is 5.95 Å². The van der Waals surface area contributed by atoms with Crippen LogP contribution in [0.1, 0.15) is 78.3 Å². The number of alkyl halides is 2. The summed E-state index contributed by atoms with van der Waals surface area (Å²) in [6.07, 6.45) is 7.05. The number of halogens is 2. The predicted octanol–water partition coefficient (Wildman–Crippen LogP) is 3.73. The molecule has 10 nitrogen and oxygen atoms in total. The van der Waals surface area contributed by atoms with Crippen molar-refractivity contribution in [1.82, 2.24) is 34.9 Å². The Kier molecular flexibility index (Phi) is 7.13. The highest BCUT2D eigenvalue weighted by Crippen LogP contribution is 2.43. The summed E-state index contributed by atoms with van der Waals surface area (Å²) in [5.74, 6) is -5.19. The zero-order valence-corrected chi connectivity index (χ0v) is 24.1. The second-order valence-electron chi connectivity index (χ2n) is 11.9. The molecule has 0 spiro atoms. The van der Waals surface area contributed by atoms with Crippen molar-refractivity contribution in [2.75, 3.05) is 31.9 Å². The number of thiazole rings is 1. The van der Waals surface area contributed by atoms with E-state index in [0.717, 1.165) is 30.0 Å². The van der Waals surface area contributed by atoms with E-state index in [9.17, 15) is 9.59 Å². The van der Waals surface area contributed by atoms with Gasteiger partial charge in [-0.3, -0.25) is 14.7 Å². The third-order valence-electron chi connectivity index (χ3n) is 8.57. The van der Waals surface area contributed by atoms with Crippen LogP contribution in [-0.2, 0) is 29.0 Å². The third kappa shape index (κ3) is 5.14. The van der Waals surface area contributed by atoms with E-state index < -0.39 is 22.9 Å². The van der Waals surface area contributed by atoms with Crippen LogP contribution in [0, 0.1) is 0 Å². The SMILES string of the molecule is CC1(C)Cc2cnc(N)nc2-c2n[nH]c(C(=O)Cc3nc(C(F)(F)C(=O)N4CCC(N5CCCCC5)CC4)cs3)c21. The largest absolute Gasteiger partial charge is 0.368 e. The molecule has 13 heteroatoms. The molecule has 0 radical (unpaired) electrons. The number of fused-ring (bicyclic) bond motifs is 3. The molecule has 3 aliphatic rings. The number of aromatic amines is 1. The zero-order chi connectivity index (χ0) is 28.9. The van der Waals surface area contributed by atoms with Gasteiger partial charge in [-0.1, -0.05) is 20.3 Å². The molecule has 0 saturated carbocycles. The number of Topliss-reactive ketones (excluding diaryl/α,β-unsaturated/α-hetero) is 1. The molecule has 3 aromatic rings. The summed E-state index contributed by atoms with van der Waals surface area (Å²) in [4.78, 5) is 42.5. The van der Waals surface area contributed by atoms with Crippen molar-refractivity contribution in [3.8, 4) is 11.4 Å². The highest BCUT2D eigenvalue weighted by molar-refractivity contribution is 7.09. The van der Waals surface area contributed by atoms with Crippen molar-refractivity contribution in [3.63, 3.8) is 0 Å². The first-order valence-corrected chi connectivity index (χ1v) is 15.0.